The molecule has 0 spiro atoms. The van der Waals surface area contributed by atoms with E-state index in [2.05, 4.69) is 17.3 Å². The Balaban J connectivity index is 2.06. The van der Waals surface area contributed by atoms with Crippen LogP contribution in [0.4, 0.5) is 0 Å². The molecule has 0 bridgehead atoms. The Bertz CT molecular complexity index is 941. The fourth-order valence-corrected chi connectivity index (χ4v) is 2.85. The SMILES string of the molecule is CCCCNC(=O)c1cn(C)c(=O)c2cnn(Cc3ccccc3)c12. The molecule has 0 atom stereocenters. The van der Waals surface area contributed by atoms with Gasteiger partial charge in [-0.15, -0.1) is 0 Å². The van der Waals surface area contributed by atoms with Crippen molar-refractivity contribution in [3.8, 4) is 0 Å². The molecule has 0 aliphatic heterocycles. The highest BCUT2D eigenvalue weighted by Crippen LogP contribution is 2.17. The molecule has 0 unspecified atom stereocenters. The lowest BCUT2D eigenvalue weighted by molar-refractivity contribution is 0.0953. The Morgan fingerprint density at radius 3 is 2.72 bits per heavy atom. The summed E-state index contributed by atoms with van der Waals surface area (Å²) in [5.41, 5.74) is 1.97. The van der Waals surface area contributed by atoms with Crippen LogP contribution in [0.25, 0.3) is 10.9 Å². The summed E-state index contributed by atoms with van der Waals surface area (Å²) >= 11 is 0. The Labute approximate surface area is 146 Å². The maximum absolute atomic E-state index is 12.6. The van der Waals surface area contributed by atoms with Gasteiger partial charge in [-0.2, -0.15) is 5.10 Å². The van der Waals surface area contributed by atoms with Gasteiger partial charge in [0, 0.05) is 19.8 Å². The van der Waals surface area contributed by atoms with E-state index in [4.69, 9.17) is 0 Å². The van der Waals surface area contributed by atoms with Crippen molar-refractivity contribution < 1.29 is 4.79 Å². The lowest BCUT2D eigenvalue weighted by atomic mass is 10.1. The normalized spacial score (nSPS) is 11.0. The molecule has 1 aromatic carbocycles. The van der Waals surface area contributed by atoms with Crippen molar-refractivity contribution in [2.24, 2.45) is 7.05 Å². The van der Waals surface area contributed by atoms with Crippen LogP contribution in [0.2, 0.25) is 0 Å². The zero-order valence-corrected chi connectivity index (χ0v) is 14.5. The number of rotatable bonds is 6. The largest absolute Gasteiger partial charge is 0.352 e. The number of amides is 1. The lowest BCUT2D eigenvalue weighted by Gasteiger charge is -2.10. The van der Waals surface area contributed by atoms with Gasteiger partial charge in [0.15, 0.2) is 0 Å². The Hall–Kier alpha value is -2.89. The number of benzene rings is 1. The molecule has 3 aromatic rings. The monoisotopic (exact) mass is 338 g/mol. The van der Waals surface area contributed by atoms with Gasteiger partial charge in [-0.3, -0.25) is 14.3 Å². The Kier molecular flexibility index (Phi) is 4.97. The molecule has 0 aliphatic carbocycles. The zero-order valence-electron chi connectivity index (χ0n) is 14.5. The number of nitrogens with zero attached hydrogens (tertiary/aromatic N) is 3. The smallest absolute Gasteiger partial charge is 0.261 e. The van der Waals surface area contributed by atoms with E-state index in [1.807, 2.05) is 30.3 Å². The molecular weight excluding hydrogens is 316 g/mol. The van der Waals surface area contributed by atoms with Crippen LogP contribution in [-0.4, -0.2) is 26.8 Å². The minimum Gasteiger partial charge on any atom is -0.352 e. The first-order valence-corrected chi connectivity index (χ1v) is 8.49. The van der Waals surface area contributed by atoms with Gasteiger partial charge in [0.05, 0.1) is 29.2 Å². The molecule has 0 fully saturated rings. The molecule has 6 heteroatoms. The topological polar surface area (TPSA) is 68.9 Å². The molecule has 0 saturated heterocycles. The van der Waals surface area contributed by atoms with Crippen molar-refractivity contribution in [3.63, 3.8) is 0 Å². The fourth-order valence-electron chi connectivity index (χ4n) is 2.85. The molecule has 3 rings (SSSR count). The van der Waals surface area contributed by atoms with Gasteiger partial charge in [-0.25, -0.2) is 0 Å². The molecular formula is C19H22N4O2. The maximum atomic E-state index is 12.6. The van der Waals surface area contributed by atoms with E-state index in [9.17, 15) is 9.59 Å². The molecule has 130 valence electrons. The highest BCUT2D eigenvalue weighted by atomic mass is 16.2. The van der Waals surface area contributed by atoms with Gasteiger partial charge < -0.3 is 9.88 Å². The van der Waals surface area contributed by atoms with Crippen molar-refractivity contribution in [2.45, 2.75) is 26.3 Å². The van der Waals surface area contributed by atoms with Crippen molar-refractivity contribution in [1.29, 1.82) is 0 Å². The van der Waals surface area contributed by atoms with Gasteiger partial charge >= 0.3 is 0 Å². The predicted octanol–water partition coefficient (Wildman–Crippen LogP) is 2.31. The summed E-state index contributed by atoms with van der Waals surface area (Å²) in [6.45, 7) is 3.20. The van der Waals surface area contributed by atoms with Crippen molar-refractivity contribution >= 4 is 16.8 Å². The van der Waals surface area contributed by atoms with Crippen molar-refractivity contribution in [3.05, 3.63) is 64.2 Å². The first kappa shape index (κ1) is 17.0. The first-order chi connectivity index (χ1) is 12.1. The third-order valence-electron chi connectivity index (χ3n) is 4.20. The molecule has 1 amide bonds. The summed E-state index contributed by atoms with van der Waals surface area (Å²) in [5, 5.41) is 7.74. The summed E-state index contributed by atoms with van der Waals surface area (Å²) < 4.78 is 3.16. The Morgan fingerprint density at radius 2 is 2.00 bits per heavy atom. The van der Waals surface area contributed by atoms with Crippen molar-refractivity contribution in [1.82, 2.24) is 19.7 Å². The van der Waals surface area contributed by atoms with Crippen LogP contribution in [0.5, 0.6) is 0 Å². The van der Waals surface area contributed by atoms with Crippen LogP contribution in [0, 0.1) is 0 Å². The van der Waals surface area contributed by atoms with E-state index < -0.39 is 0 Å². The second-order valence-corrected chi connectivity index (χ2v) is 6.12. The van der Waals surface area contributed by atoms with Gasteiger partial charge in [0.1, 0.15) is 0 Å². The van der Waals surface area contributed by atoms with E-state index in [1.165, 1.54) is 4.57 Å². The number of hydrogen-bond donors (Lipinski definition) is 1. The number of carbonyl (C=O) groups is 1. The number of unbranched alkanes of at least 4 members (excludes halogenated alkanes) is 1. The highest BCUT2D eigenvalue weighted by Gasteiger charge is 2.18. The van der Waals surface area contributed by atoms with Gasteiger partial charge in [0.25, 0.3) is 11.5 Å². The maximum Gasteiger partial charge on any atom is 0.261 e. The molecule has 2 heterocycles. The van der Waals surface area contributed by atoms with Crippen LogP contribution in [0.1, 0.15) is 35.7 Å². The quantitative estimate of drug-likeness (QED) is 0.701. The number of hydrogen-bond acceptors (Lipinski definition) is 3. The number of fused-ring (bicyclic) bond motifs is 1. The summed E-state index contributed by atoms with van der Waals surface area (Å²) in [6, 6.07) is 9.86. The molecule has 2 aromatic heterocycles. The van der Waals surface area contributed by atoms with Crippen LogP contribution < -0.4 is 10.9 Å². The average molecular weight is 338 g/mol. The van der Waals surface area contributed by atoms with E-state index in [0.717, 1.165) is 18.4 Å². The fraction of sp³-hybridized carbons (Fsp3) is 0.316. The summed E-state index contributed by atoms with van der Waals surface area (Å²) in [7, 11) is 1.65. The van der Waals surface area contributed by atoms with Gasteiger partial charge in [-0.1, -0.05) is 43.7 Å². The standard InChI is InChI=1S/C19H22N4O2/c1-3-4-10-20-18(24)16-13-22(2)19(25)15-11-21-23(17(15)16)12-14-8-6-5-7-9-14/h5-9,11,13H,3-4,10,12H2,1-2H3,(H,20,24). The third kappa shape index (κ3) is 3.47. The second-order valence-electron chi connectivity index (χ2n) is 6.12. The predicted molar refractivity (Wildman–Crippen MR) is 97.8 cm³/mol. The number of carbonyl (C=O) groups excluding carboxylic acids is 1. The van der Waals surface area contributed by atoms with Crippen LogP contribution in [0.3, 0.4) is 0 Å². The molecule has 6 nitrogen and oxygen atoms in total. The molecule has 25 heavy (non-hydrogen) atoms. The summed E-state index contributed by atoms with van der Waals surface area (Å²) in [5.74, 6) is -0.177. The minimum atomic E-state index is -0.177. The van der Waals surface area contributed by atoms with E-state index in [0.29, 0.717) is 29.6 Å². The third-order valence-corrected chi connectivity index (χ3v) is 4.20. The van der Waals surface area contributed by atoms with Crippen LogP contribution in [0.15, 0.2) is 47.5 Å². The molecule has 0 saturated carbocycles. The Morgan fingerprint density at radius 1 is 1.24 bits per heavy atom. The molecule has 0 radical (unpaired) electrons. The van der Waals surface area contributed by atoms with E-state index >= 15 is 0 Å². The average Bonchev–Trinajstić information content (AvgIpc) is 3.03. The number of nitrogens with one attached hydrogen (secondary N) is 1. The minimum absolute atomic E-state index is 0.153. The van der Waals surface area contributed by atoms with Gasteiger partial charge in [0.2, 0.25) is 0 Å². The zero-order chi connectivity index (χ0) is 17.8. The van der Waals surface area contributed by atoms with E-state index in [-0.39, 0.29) is 11.5 Å². The van der Waals surface area contributed by atoms with Crippen molar-refractivity contribution in [2.75, 3.05) is 6.54 Å². The number of pyridine rings is 1. The van der Waals surface area contributed by atoms with E-state index in [1.54, 1.807) is 24.1 Å². The van der Waals surface area contributed by atoms with Crippen LogP contribution in [-0.2, 0) is 13.6 Å². The molecule has 0 aliphatic rings. The highest BCUT2D eigenvalue weighted by molar-refractivity contribution is 6.05. The first-order valence-electron chi connectivity index (χ1n) is 8.49. The van der Waals surface area contributed by atoms with Gasteiger partial charge in [-0.05, 0) is 12.0 Å². The van der Waals surface area contributed by atoms with Crippen LogP contribution >= 0.6 is 0 Å². The second kappa shape index (κ2) is 7.34. The number of aromatic nitrogens is 3. The summed E-state index contributed by atoms with van der Waals surface area (Å²) in [6.07, 6.45) is 5.07. The summed E-state index contributed by atoms with van der Waals surface area (Å²) in [4.78, 5) is 25.0. The number of aryl methyl sites for hydroxylation is 1. The molecule has 1 N–H and O–H groups in total. The lowest BCUT2D eigenvalue weighted by Crippen LogP contribution is -2.28.